The number of anilines is 1. The molecule has 2 aromatic heterocycles. The Morgan fingerprint density at radius 3 is 2.59 bits per heavy atom. The molecule has 0 radical (unpaired) electrons. The zero-order chi connectivity index (χ0) is 39.0. The Bertz CT molecular complexity index is 2150. The van der Waals surface area contributed by atoms with Crippen molar-refractivity contribution in [3.63, 3.8) is 0 Å². The summed E-state index contributed by atoms with van der Waals surface area (Å²) in [5, 5.41) is 4.54. The molecule has 0 amide bonds. The van der Waals surface area contributed by atoms with Crippen LogP contribution in [-0.4, -0.2) is 115 Å². The normalized spacial score (nSPS) is 23.2. The van der Waals surface area contributed by atoms with Gasteiger partial charge < -0.3 is 33.9 Å². The lowest BCUT2D eigenvalue weighted by molar-refractivity contribution is -0.0360. The second kappa shape index (κ2) is 16.0. The highest BCUT2D eigenvalue weighted by atomic mass is 19.1. The minimum atomic E-state index is -1.04. The molecule has 2 bridgehead atoms. The number of rotatable bonds is 13. The quantitative estimate of drug-likeness (QED) is 0.0982. The van der Waals surface area contributed by atoms with E-state index in [1.54, 1.807) is 0 Å². The lowest BCUT2D eigenvalue weighted by Gasteiger charge is -2.34. The predicted molar refractivity (Wildman–Crippen MR) is 203 cm³/mol. The van der Waals surface area contributed by atoms with Crippen LogP contribution in [-0.2, 0) is 14.2 Å². The standard InChI is InChI=1S/C41H45F3N6O6/c1-4-30-33(43)11-8-24-14-28(55-40(51)56-29(21-52-5-2)22-53-6-3)15-31(34(24)30)36-35(44)37-32(17-45-36)38(49-19-26-9-10-27(20-49)46-26)48-39(47-37)54-23-41-12-7-13-50(41)18-25(42)16-41/h1,8,11,14-15,17,25-27,29,46H,5-7,9-10,12-13,16,18-23H2,2-3H3/t25?,26?,27?,41-/m0/s1. The van der Waals surface area contributed by atoms with Crippen molar-refractivity contribution in [2.24, 2.45) is 0 Å². The summed E-state index contributed by atoms with van der Waals surface area (Å²) in [6.07, 6.45) is 8.66. The van der Waals surface area contributed by atoms with Crippen LogP contribution in [0.3, 0.4) is 0 Å². The van der Waals surface area contributed by atoms with E-state index in [0.717, 1.165) is 32.2 Å². The highest BCUT2D eigenvalue weighted by Crippen LogP contribution is 2.42. The summed E-state index contributed by atoms with van der Waals surface area (Å²) < 4.78 is 75.5. The number of nitrogens with zero attached hydrogens (tertiary/aromatic N) is 5. The molecule has 296 valence electrons. The smallest absolute Gasteiger partial charge is 0.461 e. The number of fused-ring (bicyclic) bond motifs is 5. The van der Waals surface area contributed by atoms with Crippen molar-refractivity contribution in [2.45, 2.75) is 75.8 Å². The first-order chi connectivity index (χ1) is 27.2. The largest absolute Gasteiger partial charge is 0.514 e. The van der Waals surface area contributed by atoms with Gasteiger partial charge in [-0.25, -0.2) is 18.0 Å². The minimum absolute atomic E-state index is 0.0215. The summed E-state index contributed by atoms with van der Waals surface area (Å²) in [7, 11) is 0. The van der Waals surface area contributed by atoms with Crippen LogP contribution in [0.25, 0.3) is 32.9 Å². The van der Waals surface area contributed by atoms with Crippen molar-refractivity contribution >= 4 is 33.6 Å². The number of ether oxygens (including phenoxy) is 5. The molecule has 0 spiro atoms. The Labute approximate surface area is 323 Å². The van der Waals surface area contributed by atoms with Gasteiger partial charge in [0.25, 0.3) is 0 Å². The molecular formula is C41H45F3N6O6. The fourth-order valence-corrected chi connectivity index (χ4v) is 8.80. The third kappa shape index (κ3) is 7.43. The third-order valence-electron chi connectivity index (χ3n) is 11.3. The molecule has 12 nitrogen and oxygen atoms in total. The Hall–Kier alpha value is -4.75. The summed E-state index contributed by atoms with van der Waals surface area (Å²) >= 11 is 0. The van der Waals surface area contributed by atoms with Crippen molar-refractivity contribution in [3.05, 3.63) is 47.7 Å². The Morgan fingerprint density at radius 1 is 1.09 bits per heavy atom. The highest BCUT2D eigenvalue weighted by Gasteiger charge is 2.49. The molecule has 4 aliphatic rings. The molecule has 15 heteroatoms. The van der Waals surface area contributed by atoms with Crippen LogP contribution in [0.5, 0.6) is 11.8 Å². The minimum Gasteiger partial charge on any atom is -0.461 e. The van der Waals surface area contributed by atoms with Crippen LogP contribution in [0.1, 0.15) is 51.5 Å². The van der Waals surface area contributed by atoms with Gasteiger partial charge in [0.1, 0.15) is 41.4 Å². The van der Waals surface area contributed by atoms with Crippen LogP contribution < -0.4 is 19.7 Å². The van der Waals surface area contributed by atoms with Crippen LogP contribution >= 0.6 is 0 Å². The van der Waals surface area contributed by atoms with Crippen LogP contribution in [0.4, 0.5) is 23.8 Å². The summed E-state index contributed by atoms with van der Waals surface area (Å²) in [6.45, 7) is 7.22. The van der Waals surface area contributed by atoms with E-state index in [0.29, 0.717) is 55.9 Å². The molecule has 0 saturated carbocycles. The molecule has 0 aliphatic carbocycles. The van der Waals surface area contributed by atoms with E-state index in [-0.39, 0.29) is 71.4 Å². The zero-order valence-corrected chi connectivity index (χ0v) is 31.5. The first-order valence-electron chi connectivity index (χ1n) is 19.3. The molecular weight excluding hydrogens is 729 g/mol. The van der Waals surface area contributed by atoms with E-state index in [4.69, 9.17) is 35.1 Å². The monoisotopic (exact) mass is 774 g/mol. The average molecular weight is 775 g/mol. The third-order valence-corrected chi connectivity index (χ3v) is 11.3. The number of hydrogen-bond acceptors (Lipinski definition) is 12. The molecule has 4 aromatic rings. The van der Waals surface area contributed by atoms with Gasteiger partial charge in [0.15, 0.2) is 11.9 Å². The number of piperazine rings is 1. The Morgan fingerprint density at radius 2 is 1.86 bits per heavy atom. The van der Waals surface area contributed by atoms with Gasteiger partial charge in [-0.2, -0.15) is 9.97 Å². The van der Waals surface area contributed by atoms with Gasteiger partial charge in [-0.05, 0) is 69.7 Å². The van der Waals surface area contributed by atoms with Gasteiger partial charge in [0, 0.05) is 68.5 Å². The van der Waals surface area contributed by atoms with Gasteiger partial charge >= 0.3 is 12.2 Å². The van der Waals surface area contributed by atoms with Gasteiger partial charge in [0.2, 0.25) is 0 Å². The van der Waals surface area contributed by atoms with E-state index in [1.165, 1.54) is 30.5 Å². The highest BCUT2D eigenvalue weighted by molar-refractivity contribution is 6.03. The van der Waals surface area contributed by atoms with Gasteiger partial charge in [-0.3, -0.25) is 9.88 Å². The molecule has 56 heavy (non-hydrogen) atoms. The predicted octanol–water partition coefficient (Wildman–Crippen LogP) is 5.96. The second-order valence-electron chi connectivity index (χ2n) is 15.0. The van der Waals surface area contributed by atoms with Crippen molar-refractivity contribution < 1.29 is 41.7 Å². The van der Waals surface area contributed by atoms with Crippen LogP contribution in [0.15, 0.2) is 30.5 Å². The number of nitrogens with one attached hydrogen (secondary N) is 1. The Kier molecular flexibility index (Phi) is 10.9. The summed E-state index contributed by atoms with van der Waals surface area (Å²) in [4.78, 5) is 31.3. The van der Waals surface area contributed by atoms with Gasteiger partial charge in [-0.1, -0.05) is 12.0 Å². The maximum absolute atomic E-state index is 17.3. The van der Waals surface area contributed by atoms with Crippen molar-refractivity contribution in [1.82, 2.24) is 25.2 Å². The van der Waals surface area contributed by atoms with Crippen LogP contribution in [0.2, 0.25) is 0 Å². The van der Waals surface area contributed by atoms with Crippen molar-refractivity contribution in [2.75, 3.05) is 64.1 Å². The molecule has 8 rings (SSSR count). The lowest BCUT2D eigenvalue weighted by atomic mass is 9.95. The van der Waals surface area contributed by atoms with E-state index in [2.05, 4.69) is 31.0 Å². The maximum Gasteiger partial charge on any atom is 0.514 e. The fraction of sp³-hybridized carbons (Fsp3) is 0.512. The summed E-state index contributed by atoms with van der Waals surface area (Å²) in [6, 6.07) is 5.97. The molecule has 6 heterocycles. The van der Waals surface area contributed by atoms with E-state index < -0.39 is 35.6 Å². The molecule has 4 saturated heterocycles. The first kappa shape index (κ1) is 38.1. The molecule has 2 aromatic carbocycles. The van der Waals surface area contributed by atoms with Crippen molar-refractivity contribution in [1.29, 1.82) is 0 Å². The number of hydrogen-bond donors (Lipinski definition) is 1. The van der Waals surface area contributed by atoms with E-state index in [9.17, 15) is 9.18 Å². The number of alkyl halides is 1. The molecule has 4 aliphatic heterocycles. The number of halogens is 3. The molecule has 1 N–H and O–H groups in total. The lowest BCUT2D eigenvalue weighted by Crippen LogP contribution is -2.51. The SMILES string of the molecule is C#Cc1c(F)ccc2cc(OC(=O)OC(COCC)COCC)cc(-c3ncc4c(N5CC6CCC(C5)N6)nc(OC[C@@]56CCCN5CC(F)C6)nc4c3F)c12. The Balaban J connectivity index is 1.21. The molecule has 4 fully saturated rings. The van der Waals surface area contributed by atoms with Crippen molar-refractivity contribution in [3.8, 4) is 35.4 Å². The van der Waals surface area contributed by atoms with Crippen LogP contribution in [0, 0.1) is 24.0 Å². The number of aromatic nitrogens is 3. The maximum atomic E-state index is 17.3. The molecule has 4 atom stereocenters. The van der Waals surface area contributed by atoms with Gasteiger partial charge in [0.05, 0.1) is 29.7 Å². The van der Waals surface area contributed by atoms with E-state index >= 15 is 8.78 Å². The summed E-state index contributed by atoms with van der Waals surface area (Å²) in [5.41, 5.74) is -0.796. The number of terminal acetylenes is 1. The summed E-state index contributed by atoms with van der Waals surface area (Å²) in [5.74, 6) is 1.33. The zero-order valence-electron chi connectivity index (χ0n) is 31.5. The fourth-order valence-electron chi connectivity index (χ4n) is 8.80. The number of carbonyl (C=O) groups is 1. The number of pyridine rings is 1. The van der Waals surface area contributed by atoms with E-state index in [1.807, 2.05) is 13.8 Å². The number of carbonyl (C=O) groups excluding carboxylic acids is 1. The number of benzene rings is 2. The topological polar surface area (TPSA) is 120 Å². The second-order valence-corrected chi connectivity index (χ2v) is 15.0. The first-order valence-corrected chi connectivity index (χ1v) is 19.3. The van der Waals surface area contributed by atoms with Gasteiger partial charge in [-0.15, -0.1) is 6.42 Å². The average Bonchev–Trinajstić information content (AvgIpc) is 3.84. The molecule has 3 unspecified atom stereocenters.